The Labute approximate surface area is 131 Å². The van der Waals surface area contributed by atoms with Gasteiger partial charge in [0, 0.05) is 17.4 Å². The van der Waals surface area contributed by atoms with E-state index in [1.165, 1.54) is 5.56 Å². The van der Waals surface area contributed by atoms with Crippen molar-refractivity contribution in [3.05, 3.63) is 47.3 Å². The third-order valence-corrected chi connectivity index (χ3v) is 3.12. The molecule has 0 spiro atoms. The average Bonchev–Trinajstić information content (AvgIpc) is 2.46. The smallest absolute Gasteiger partial charge is 0.274 e. The van der Waals surface area contributed by atoms with E-state index in [4.69, 9.17) is 0 Å². The average molecular weight is 298 g/mol. The van der Waals surface area contributed by atoms with Crippen LogP contribution < -0.4 is 10.6 Å². The first-order valence-electron chi connectivity index (χ1n) is 7.50. The number of benzene rings is 1. The molecule has 5 nitrogen and oxygen atoms in total. The van der Waals surface area contributed by atoms with Gasteiger partial charge < -0.3 is 10.6 Å². The van der Waals surface area contributed by atoms with Crippen LogP contribution in [0.15, 0.2) is 30.3 Å². The third kappa shape index (κ3) is 4.28. The number of rotatable bonds is 5. The molecule has 0 atom stereocenters. The van der Waals surface area contributed by atoms with Crippen molar-refractivity contribution in [3.8, 4) is 0 Å². The van der Waals surface area contributed by atoms with E-state index < -0.39 is 0 Å². The van der Waals surface area contributed by atoms with Crippen LogP contribution in [0.1, 0.15) is 42.5 Å². The first kappa shape index (κ1) is 15.9. The van der Waals surface area contributed by atoms with Crippen molar-refractivity contribution in [2.45, 2.75) is 40.2 Å². The fraction of sp³-hybridized carbons (Fsp3) is 0.353. The minimum atomic E-state index is -0.235. The van der Waals surface area contributed by atoms with Gasteiger partial charge in [-0.2, -0.15) is 0 Å². The number of aromatic nitrogens is 2. The quantitative estimate of drug-likeness (QED) is 0.887. The molecular formula is C17H22N4O. The summed E-state index contributed by atoms with van der Waals surface area (Å²) >= 11 is 0. The minimum Gasteiger partial charge on any atom is -0.352 e. The van der Waals surface area contributed by atoms with Crippen molar-refractivity contribution in [2.75, 3.05) is 10.6 Å². The van der Waals surface area contributed by atoms with E-state index in [0.717, 1.165) is 17.8 Å². The number of hydrogen-bond acceptors (Lipinski definition) is 4. The van der Waals surface area contributed by atoms with Gasteiger partial charge in [0.2, 0.25) is 5.95 Å². The summed E-state index contributed by atoms with van der Waals surface area (Å²) in [6.45, 7) is 7.95. The van der Waals surface area contributed by atoms with Gasteiger partial charge in [0.15, 0.2) is 0 Å². The van der Waals surface area contributed by atoms with Crippen LogP contribution in [0.2, 0.25) is 0 Å². The van der Waals surface area contributed by atoms with Gasteiger partial charge in [-0.25, -0.2) is 9.97 Å². The number of hydrogen-bond donors (Lipinski definition) is 2. The Morgan fingerprint density at radius 2 is 1.86 bits per heavy atom. The lowest BCUT2D eigenvalue weighted by Gasteiger charge is -2.11. The summed E-state index contributed by atoms with van der Waals surface area (Å²) in [4.78, 5) is 20.9. The molecule has 0 unspecified atom stereocenters. The molecule has 2 N–H and O–H groups in total. The van der Waals surface area contributed by atoms with Crippen molar-refractivity contribution < 1.29 is 4.79 Å². The normalized spacial score (nSPS) is 10.6. The number of aryl methyl sites for hydroxylation is 2. The van der Waals surface area contributed by atoms with Crippen molar-refractivity contribution in [3.63, 3.8) is 0 Å². The van der Waals surface area contributed by atoms with Crippen molar-refractivity contribution in [1.82, 2.24) is 9.97 Å². The lowest BCUT2D eigenvalue weighted by atomic mass is 10.1. The lowest BCUT2D eigenvalue weighted by molar-refractivity contribution is 0.102. The van der Waals surface area contributed by atoms with Crippen LogP contribution >= 0.6 is 0 Å². The number of carbonyl (C=O) groups excluding carboxylic acids is 1. The standard InChI is InChI=1S/C17H22N4O/c1-5-13-6-8-14(9-7-13)20-16(22)15-10-12(4)19-17(21-15)18-11(2)3/h6-11H,5H2,1-4H3,(H,20,22)(H,18,19,21). The Balaban J connectivity index is 2.15. The zero-order valence-corrected chi connectivity index (χ0v) is 13.5. The van der Waals surface area contributed by atoms with Gasteiger partial charge in [-0.3, -0.25) is 4.79 Å². The third-order valence-electron chi connectivity index (χ3n) is 3.12. The molecule has 2 aromatic rings. The van der Waals surface area contributed by atoms with Crippen LogP contribution in [0.5, 0.6) is 0 Å². The van der Waals surface area contributed by atoms with Gasteiger partial charge >= 0.3 is 0 Å². The molecule has 0 aliphatic rings. The molecule has 0 saturated carbocycles. The SMILES string of the molecule is CCc1ccc(NC(=O)c2cc(C)nc(NC(C)C)n2)cc1. The molecule has 116 valence electrons. The second kappa shape index (κ2) is 7.02. The maximum absolute atomic E-state index is 12.3. The molecule has 0 fully saturated rings. The number of amides is 1. The monoisotopic (exact) mass is 298 g/mol. The summed E-state index contributed by atoms with van der Waals surface area (Å²) in [7, 11) is 0. The largest absolute Gasteiger partial charge is 0.352 e. The van der Waals surface area contributed by atoms with Gasteiger partial charge in [-0.15, -0.1) is 0 Å². The first-order chi connectivity index (χ1) is 10.5. The molecule has 0 bridgehead atoms. The molecule has 22 heavy (non-hydrogen) atoms. The summed E-state index contributed by atoms with van der Waals surface area (Å²) in [6, 6.07) is 9.70. The van der Waals surface area contributed by atoms with E-state index in [9.17, 15) is 4.79 Å². The Hall–Kier alpha value is -2.43. The molecule has 1 aromatic carbocycles. The summed E-state index contributed by atoms with van der Waals surface area (Å²) in [5, 5.41) is 5.98. The molecule has 5 heteroatoms. The van der Waals surface area contributed by atoms with E-state index in [-0.39, 0.29) is 11.9 Å². The predicted octanol–water partition coefficient (Wildman–Crippen LogP) is 3.42. The number of nitrogens with zero attached hydrogens (tertiary/aromatic N) is 2. The molecule has 0 aliphatic carbocycles. The molecule has 1 aromatic heterocycles. The van der Waals surface area contributed by atoms with Crippen LogP contribution in [-0.2, 0) is 6.42 Å². The van der Waals surface area contributed by atoms with Gasteiger partial charge in [0.05, 0.1) is 0 Å². The van der Waals surface area contributed by atoms with Crippen LogP contribution in [0, 0.1) is 6.92 Å². The minimum absolute atomic E-state index is 0.208. The van der Waals surface area contributed by atoms with E-state index in [2.05, 4.69) is 27.5 Å². The predicted molar refractivity (Wildman–Crippen MR) is 89.3 cm³/mol. The second-order valence-corrected chi connectivity index (χ2v) is 5.52. The van der Waals surface area contributed by atoms with Crippen LogP contribution in [-0.4, -0.2) is 21.9 Å². The van der Waals surface area contributed by atoms with Gasteiger partial charge in [0.25, 0.3) is 5.91 Å². The summed E-state index contributed by atoms with van der Waals surface area (Å²) in [6.07, 6.45) is 0.976. The summed E-state index contributed by atoms with van der Waals surface area (Å²) < 4.78 is 0. The molecule has 2 rings (SSSR count). The van der Waals surface area contributed by atoms with E-state index in [1.54, 1.807) is 6.07 Å². The molecule has 1 amide bonds. The Bertz CT molecular complexity index is 650. The Kier molecular flexibility index (Phi) is 5.09. The molecule has 0 saturated heterocycles. The van der Waals surface area contributed by atoms with Crippen molar-refractivity contribution in [2.24, 2.45) is 0 Å². The number of anilines is 2. The zero-order chi connectivity index (χ0) is 16.1. The van der Waals surface area contributed by atoms with Gasteiger partial charge in [0.1, 0.15) is 5.69 Å². The summed E-state index contributed by atoms with van der Waals surface area (Å²) in [5.74, 6) is 0.239. The van der Waals surface area contributed by atoms with Gasteiger partial charge in [-0.1, -0.05) is 19.1 Å². The lowest BCUT2D eigenvalue weighted by Crippen LogP contribution is -2.18. The van der Waals surface area contributed by atoms with Crippen LogP contribution in [0.25, 0.3) is 0 Å². The number of nitrogens with one attached hydrogen (secondary N) is 2. The maximum Gasteiger partial charge on any atom is 0.274 e. The topological polar surface area (TPSA) is 66.9 Å². The second-order valence-electron chi connectivity index (χ2n) is 5.52. The highest BCUT2D eigenvalue weighted by atomic mass is 16.1. The first-order valence-corrected chi connectivity index (χ1v) is 7.50. The Morgan fingerprint density at radius 3 is 2.45 bits per heavy atom. The molecule has 0 radical (unpaired) electrons. The van der Waals surface area contributed by atoms with Gasteiger partial charge in [-0.05, 0) is 51.0 Å². The summed E-state index contributed by atoms with van der Waals surface area (Å²) in [5.41, 5.74) is 3.11. The van der Waals surface area contributed by atoms with Crippen LogP contribution in [0.4, 0.5) is 11.6 Å². The zero-order valence-electron chi connectivity index (χ0n) is 13.5. The fourth-order valence-corrected chi connectivity index (χ4v) is 2.03. The molecule has 1 heterocycles. The highest BCUT2D eigenvalue weighted by molar-refractivity contribution is 6.03. The van der Waals surface area contributed by atoms with E-state index >= 15 is 0 Å². The van der Waals surface area contributed by atoms with E-state index in [0.29, 0.717) is 11.6 Å². The fourth-order valence-electron chi connectivity index (χ4n) is 2.03. The Morgan fingerprint density at radius 1 is 1.18 bits per heavy atom. The van der Waals surface area contributed by atoms with Crippen molar-refractivity contribution in [1.29, 1.82) is 0 Å². The van der Waals surface area contributed by atoms with Crippen molar-refractivity contribution >= 4 is 17.5 Å². The maximum atomic E-state index is 12.3. The molecule has 0 aliphatic heterocycles. The number of carbonyl (C=O) groups is 1. The highest BCUT2D eigenvalue weighted by Gasteiger charge is 2.11. The van der Waals surface area contributed by atoms with Crippen LogP contribution in [0.3, 0.4) is 0 Å². The van der Waals surface area contributed by atoms with E-state index in [1.807, 2.05) is 45.0 Å². The highest BCUT2D eigenvalue weighted by Crippen LogP contribution is 2.12. The molecular weight excluding hydrogens is 276 g/mol.